The van der Waals surface area contributed by atoms with Crippen LogP contribution < -0.4 is 14.2 Å². The van der Waals surface area contributed by atoms with Gasteiger partial charge in [0.15, 0.2) is 11.5 Å². The van der Waals surface area contributed by atoms with Crippen molar-refractivity contribution in [3.63, 3.8) is 0 Å². The van der Waals surface area contributed by atoms with Gasteiger partial charge in [-0.15, -0.1) is 0 Å². The van der Waals surface area contributed by atoms with E-state index in [9.17, 15) is 9.59 Å². The summed E-state index contributed by atoms with van der Waals surface area (Å²) >= 11 is 0. The minimum Gasteiger partial charge on any atom is -0.493 e. The van der Waals surface area contributed by atoms with E-state index >= 15 is 0 Å². The third-order valence-corrected chi connectivity index (χ3v) is 7.23. The van der Waals surface area contributed by atoms with Crippen molar-refractivity contribution in [3.05, 3.63) is 88.5 Å². The molecule has 186 valence electrons. The van der Waals surface area contributed by atoms with E-state index < -0.39 is 11.5 Å². The second-order valence-corrected chi connectivity index (χ2v) is 8.95. The number of benzene rings is 3. The number of amides is 1. The standard InChI is InChI=1S/C29H29NO6/c1-5-36-28(32)29-16-21-20(15-23(33-2)25(35-4)24(21)34-3)26(29)30(17-18-11-7-6-8-12-18)27(31)19-13-9-10-14-22(19)29/h6-15,26H,5,16-17H2,1-4H3/t26-,29+/m1/s1. The normalized spacial score (nSPS) is 19.7. The number of esters is 1. The van der Waals surface area contributed by atoms with Crippen LogP contribution in [-0.4, -0.2) is 44.7 Å². The molecule has 36 heavy (non-hydrogen) atoms. The molecular weight excluding hydrogens is 458 g/mol. The van der Waals surface area contributed by atoms with Gasteiger partial charge >= 0.3 is 5.97 Å². The number of carbonyl (C=O) groups excluding carboxylic acids is 2. The summed E-state index contributed by atoms with van der Waals surface area (Å²) in [7, 11) is 4.67. The predicted molar refractivity (Wildman–Crippen MR) is 134 cm³/mol. The topological polar surface area (TPSA) is 74.3 Å². The fourth-order valence-corrected chi connectivity index (χ4v) is 5.81. The minimum absolute atomic E-state index is 0.138. The third kappa shape index (κ3) is 3.33. The highest BCUT2D eigenvalue weighted by Crippen LogP contribution is 2.60. The van der Waals surface area contributed by atoms with Gasteiger partial charge in [-0.05, 0) is 42.2 Å². The molecule has 0 N–H and O–H groups in total. The van der Waals surface area contributed by atoms with Gasteiger partial charge in [-0.25, -0.2) is 0 Å². The van der Waals surface area contributed by atoms with Gasteiger partial charge in [-0.2, -0.15) is 0 Å². The van der Waals surface area contributed by atoms with E-state index in [1.165, 1.54) is 0 Å². The number of rotatable bonds is 7. The van der Waals surface area contributed by atoms with E-state index in [4.69, 9.17) is 18.9 Å². The number of fused-ring (bicyclic) bond motifs is 5. The highest BCUT2D eigenvalue weighted by atomic mass is 16.5. The molecule has 1 aliphatic carbocycles. The Morgan fingerprint density at radius 2 is 1.67 bits per heavy atom. The fraction of sp³-hybridized carbons (Fsp3) is 0.310. The molecule has 2 aliphatic rings. The van der Waals surface area contributed by atoms with E-state index in [-0.39, 0.29) is 18.5 Å². The molecule has 0 spiro atoms. The largest absolute Gasteiger partial charge is 0.493 e. The number of nitrogens with zero attached hydrogens (tertiary/aromatic N) is 1. The average Bonchev–Trinajstić information content (AvgIpc) is 3.26. The van der Waals surface area contributed by atoms with Gasteiger partial charge in [-0.3, -0.25) is 9.59 Å². The van der Waals surface area contributed by atoms with Crippen LogP contribution >= 0.6 is 0 Å². The quantitative estimate of drug-likeness (QED) is 0.458. The minimum atomic E-state index is -1.15. The van der Waals surface area contributed by atoms with Crippen LogP contribution in [0.25, 0.3) is 0 Å². The molecule has 0 unspecified atom stereocenters. The van der Waals surface area contributed by atoms with Crippen LogP contribution in [-0.2, 0) is 27.9 Å². The zero-order valence-electron chi connectivity index (χ0n) is 20.9. The molecular formula is C29H29NO6. The Hall–Kier alpha value is -4.00. The molecule has 7 nitrogen and oxygen atoms in total. The smallest absolute Gasteiger partial charge is 0.319 e. The summed E-state index contributed by atoms with van der Waals surface area (Å²) in [5.41, 5.74) is 2.57. The second-order valence-electron chi connectivity index (χ2n) is 8.95. The second kappa shape index (κ2) is 9.22. The molecule has 3 aromatic carbocycles. The number of hydrogen-bond donors (Lipinski definition) is 0. The summed E-state index contributed by atoms with van der Waals surface area (Å²) in [5, 5.41) is 0. The Morgan fingerprint density at radius 1 is 0.972 bits per heavy atom. The number of methoxy groups -OCH3 is 3. The highest BCUT2D eigenvalue weighted by molar-refractivity contribution is 6.03. The van der Waals surface area contributed by atoms with Crippen LogP contribution in [0.3, 0.4) is 0 Å². The molecule has 1 amide bonds. The molecule has 0 radical (unpaired) electrons. The van der Waals surface area contributed by atoms with E-state index in [0.717, 1.165) is 16.7 Å². The van der Waals surface area contributed by atoms with E-state index in [2.05, 4.69) is 0 Å². The summed E-state index contributed by atoms with van der Waals surface area (Å²) in [4.78, 5) is 29.8. The monoisotopic (exact) mass is 487 g/mol. The van der Waals surface area contributed by atoms with Gasteiger partial charge in [-0.1, -0.05) is 48.5 Å². The molecule has 3 aromatic rings. The van der Waals surface area contributed by atoms with Crippen molar-refractivity contribution in [3.8, 4) is 17.2 Å². The fourth-order valence-electron chi connectivity index (χ4n) is 5.81. The van der Waals surface area contributed by atoms with Crippen LogP contribution in [0.15, 0.2) is 60.7 Å². The summed E-state index contributed by atoms with van der Waals surface area (Å²) < 4.78 is 22.8. The van der Waals surface area contributed by atoms with Crippen LogP contribution in [0.2, 0.25) is 0 Å². The molecule has 2 atom stereocenters. The summed E-state index contributed by atoms with van der Waals surface area (Å²) in [6.45, 7) is 2.35. The van der Waals surface area contributed by atoms with Crippen LogP contribution in [0, 0.1) is 0 Å². The zero-order valence-corrected chi connectivity index (χ0v) is 20.9. The molecule has 0 fully saturated rings. The lowest BCUT2D eigenvalue weighted by Gasteiger charge is -2.45. The lowest BCUT2D eigenvalue weighted by Crippen LogP contribution is -2.54. The molecule has 0 bridgehead atoms. The Kier molecular flexibility index (Phi) is 6.08. The average molecular weight is 488 g/mol. The van der Waals surface area contributed by atoms with Crippen LogP contribution in [0.1, 0.15) is 45.6 Å². The number of carbonyl (C=O) groups is 2. The van der Waals surface area contributed by atoms with Gasteiger partial charge in [0.2, 0.25) is 5.75 Å². The Morgan fingerprint density at radius 3 is 2.33 bits per heavy atom. The maximum atomic E-state index is 14.0. The van der Waals surface area contributed by atoms with Gasteiger partial charge in [0.1, 0.15) is 5.41 Å². The molecule has 1 aliphatic heterocycles. The summed E-state index contributed by atoms with van der Waals surface area (Å²) in [6, 6.07) is 18.3. The third-order valence-electron chi connectivity index (χ3n) is 7.23. The first kappa shape index (κ1) is 23.7. The van der Waals surface area contributed by atoms with Gasteiger partial charge in [0.25, 0.3) is 5.91 Å². The first-order valence-corrected chi connectivity index (χ1v) is 11.9. The predicted octanol–water partition coefficient (Wildman–Crippen LogP) is 4.47. The maximum absolute atomic E-state index is 14.0. The number of hydrogen-bond acceptors (Lipinski definition) is 6. The molecule has 7 heteroatoms. The van der Waals surface area contributed by atoms with Gasteiger partial charge < -0.3 is 23.8 Å². The van der Waals surface area contributed by atoms with Gasteiger partial charge in [0, 0.05) is 17.7 Å². The van der Waals surface area contributed by atoms with E-state index in [1.807, 2.05) is 54.6 Å². The van der Waals surface area contributed by atoms with Crippen molar-refractivity contribution in [1.82, 2.24) is 4.90 Å². The first-order chi connectivity index (χ1) is 17.5. The molecule has 0 aromatic heterocycles. The molecule has 1 heterocycles. The van der Waals surface area contributed by atoms with E-state index in [0.29, 0.717) is 41.3 Å². The van der Waals surface area contributed by atoms with Crippen molar-refractivity contribution in [2.75, 3.05) is 27.9 Å². The molecule has 0 saturated heterocycles. The number of ether oxygens (including phenoxy) is 4. The summed E-state index contributed by atoms with van der Waals surface area (Å²) in [5.74, 6) is 0.907. The Balaban J connectivity index is 1.83. The van der Waals surface area contributed by atoms with E-state index in [1.54, 1.807) is 39.2 Å². The van der Waals surface area contributed by atoms with Gasteiger partial charge in [0.05, 0.1) is 34.0 Å². The first-order valence-electron chi connectivity index (χ1n) is 11.9. The lowest BCUT2D eigenvalue weighted by molar-refractivity contribution is -0.153. The Bertz CT molecular complexity index is 1320. The van der Waals surface area contributed by atoms with Crippen molar-refractivity contribution >= 4 is 11.9 Å². The van der Waals surface area contributed by atoms with Crippen molar-refractivity contribution in [2.24, 2.45) is 0 Å². The van der Waals surface area contributed by atoms with Crippen LogP contribution in [0.5, 0.6) is 17.2 Å². The zero-order chi connectivity index (χ0) is 25.4. The lowest BCUT2D eigenvalue weighted by atomic mass is 9.69. The SMILES string of the molecule is CCOC(=O)[C@]12Cc3c(cc(OC)c(OC)c3OC)[C@H]1N(Cc1ccccc1)C(=O)c1ccccc12. The van der Waals surface area contributed by atoms with Crippen molar-refractivity contribution in [1.29, 1.82) is 0 Å². The van der Waals surface area contributed by atoms with Crippen molar-refractivity contribution in [2.45, 2.75) is 31.3 Å². The van der Waals surface area contributed by atoms with Crippen LogP contribution in [0.4, 0.5) is 0 Å². The molecule has 0 saturated carbocycles. The highest BCUT2D eigenvalue weighted by Gasteiger charge is 2.62. The Labute approximate surface area is 210 Å². The summed E-state index contributed by atoms with van der Waals surface area (Å²) in [6.07, 6.45) is 0.297. The maximum Gasteiger partial charge on any atom is 0.319 e. The van der Waals surface area contributed by atoms with Crippen molar-refractivity contribution < 1.29 is 28.5 Å². The molecule has 5 rings (SSSR count).